The highest BCUT2D eigenvalue weighted by Gasteiger charge is 2.13. The average molecular weight is 423 g/mol. The van der Waals surface area contributed by atoms with Crippen molar-refractivity contribution < 1.29 is 14.5 Å². The third kappa shape index (κ3) is 5.68. The molecule has 0 aliphatic rings. The molecule has 7 heteroatoms. The van der Waals surface area contributed by atoms with Gasteiger partial charge >= 0.3 is 0 Å². The Balaban J connectivity index is 1.74. The number of nitro benzene ring substituents is 1. The van der Waals surface area contributed by atoms with Gasteiger partial charge in [0.1, 0.15) is 12.4 Å². The maximum atomic E-state index is 12.9. The van der Waals surface area contributed by atoms with Crippen LogP contribution in [0.15, 0.2) is 78.9 Å². The molecule has 3 aromatic carbocycles. The van der Waals surface area contributed by atoms with E-state index in [9.17, 15) is 14.9 Å². The first-order chi connectivity index (χ1) is 14.5. The molecule has 0 radical (unpaired) electrons. The van der Waals surface area contributed by atoms with Gasteiger partial charge in [0, 0.05) is 17.7 Å². The Hall–Kier alpha value is -3.64. The van der Waals surface area contributed by atoms with Crippen LogP contribution in [0.5, 0.6) is 5.75 Å². The fourth-order valence-corrected chi connectivity index (χ4v) is 2.97. The molecule has 3 aromatic rings. The van der Waals surface area contributed by atoms with Crippen LogP contribution in [0.2, 0.25) is 5.02 Å². The number of nitro groups is 1. The number of halogens is 1. The summed E-state index contributed by atoms with van der Waals surface area (Å²) in [4.78, 5) is 23.4. The molecule has 0 fully saturated rings. The molecule has 0 aliphatic carbocycles. The molecule has 30 heavy (non-hydrogen) atoms. The van der Waals surface area contributed by atoms with Gasteiger partial charge in [0.25, 0.3) is 11.6 Å². The fraction of sp³-hybridized carbons (Fsp3) is 0.0870. The van der Waals surface area contributed by atoms with Crippen molar-refractivity contribution >= 4 is 34.8 Å². The second-order valence-corrected chi connectivity index (χ2v) is 6.72. The molecule has 0 unspecified atom stereocenters. The number of hydrogen-bond acceptors (Lipinski definition) is 4. The van der Waals surface area contributed by atoms with Crippen LogP contribution in [0.4, 0.5) is 5.69 Å². The maximum Gasteiger partial charge on any atom is 0.270 e. The van der Waals surface area contributed by atoms with E-state index in [0.29, 0.717) is 27.5 Å². The number of nitrogens with one attached hydrogen (secondary N) is 1. The molecule has 0 aromatic heterocycles. The summed E-state index contributed by atoms with van der Waals surface area (Å²) in [6, 6.07) is 22.3. The van der Waals surface area contributed by atoms with Crippen molar-refractivity contribution in [3.8, 4) is 5.75 Å². The van der Waals surface area contributed by atoms with E-state index in [4.69, 9.17) is 16.3 Å². The van der Waals surface area contributed by atoms with Crippen LogP contribution in [-0.4, -0.2) is 24.0 Å². The van der Waals surface area contributed by atoms with E-state index in [1.54, 1.807) is 30.3 Å². The lowest BCUT2D eigenvalue weighted by atomic mass is 10.0. The van der Waals surface area contributed by atoms with Gasteiger partial charge in [-0.15, -0.1) is 0 Å². The molecule has 0 spiro atoms. The van der Waals surface area contributed by atoms with Crippen molar-refractivity contribution in [3.63, 3.8) is 0 Å². The molecule has 0 aliphatic heterocycles. The SMILES string of the molecule is O=C(NCCOc1ccccc1Cl)/C(=C/c1cccc([N+](=O)[O-])c1)c1ccccc1. The summed E-state index contributed by atoms with van der Waals surface area (Å²) in [5.74, 6) is 0.235. The van der Waals surface area contributed by atoms with Crippen molar-refractivity contribution in [1.29, 1.82) is 0 Å². The minimum atomic E-state index is -0.467. The standard InChI is InChI=1S/C23H19ClN2O4/c24-21-11-4-5-12-22(21)30-14-13-25-23(27)20(18-8-2-1-3-9-18)16-17-7-6-10-19(15-17)26(28)29/h1-12,15-16H,13-14H2,(H,25,27)/b20-16+. The molecular formula is C23H19ClN2O4. The summed E-state index contributed by atoms with van der Waals surface area (Å²) < 4.78 is 5.59. The minimum absolute atomic E-state index is 0.0373. The number of para-hydroxylation sites is 1. The quantitative estimate of drug-likeness (QED) is 0.182. The van der Waals surface area contributed by atoms with Gasteiger partial charge < -0.3 is 10.1 Å². The zero-order chi connectivity index (χ0) is 21.3. The van der Waals surface area contributed by atoms with Crippen LogP contribution >= 0.6 is 11.6 Å². The van der Waals surface area contributed by atoms with Crippen LogP contribution in [0, 0.1) is 10.1 Å². The first-order valence-electron chi connectivity index (χ1n) is 9.21. The van der Waals surface area contributed by atoms with Gasteiger partial charge in [0.05, 0.1) is 16.5 Å². The topological polar surface area (TPSA) is 81.5 Å². The van der Waals surface area contributed by atoms with Crippen LogP contribution in [0.1, 0.15) is 11.1 Å². The Labute approximate surface area is 178 Å². The van der Waals surface area contributed by atoms with E-state index in [2.05, 4.69) is 5.32 Å². The van der Waals surface area contributed by atoms with Crippen molar-refractivity contribution in [2.45, 2.75) is 0 Å². The number of non-ortho nitro benzene ring substituents is 1. The molecule has 0 atom stereocenters. The zero-order valence-corrected chi connectivity index (χ0v) is 16.7. The Morgan fingerprint density at radius 3 is 2.50 bits per heavy atom. The highest BCUT2D eigenvalue weighted by Crippen LogP contribution is 2.23. The summed E-state index contributed by atoms with van der Waals surface area (Å²) in [7, 11) is 0. The number of rotatable bonds is 8. The molecule has 0 heterocycles. The van der Waals surface area contributed by atoms with E-state index < -0.39 is 4.92 Å². The van der Waals surface area contributed by atoms with Crippen LogP contribution < -0.4 is 10.1 Å². The Bertz CT molecular complexity index is 1070. The zero-order valence-electron chi connectivity index (χ0n) is 16.0. The van der Waals surface area contributed by atoms with Crippen LogP contribution in [-0.2, 0) is 4.79 Å². The summed E-state index contributed by atoms with van der Waals surface area (Å²) in [6.07, 6.45) is 1.63. The van der Waals surface area contributed by atoms with Gasteiger partial charge in [-0.25, -0.2) is 0 Å². The van der Waals surface area contributed by atoms with Crippen molar-refractivity contribution in [1.82, 2.24) is 5.32 Å². The first-order valence-corrected chi connectivity index (χ1v) is 9.59. The van der Waals surface area contributed by atoms with Crippen LogP contribution in [0.25, 0.3) is 11.6 Å². The Morgan fingerprint density at radius 2 is 1.77 bits per heavy atom. The maximum absolute atomic E-state index is 12.9. The van der Waals surface area contributed by atoms with E-state index in [0.717, 1.165) is 0 Å². The second kappa shape index (κ2) is 10.2. The minimum Gasteiger partial charge on any atom is -0.490 e. The summed E-state index contributed by atoms with van der Waals surface area (Å²) in [5.41, 5.74) is 1.62. The number of benzene rings is 3. The third-order valence-electron chi connectivity index (χ3n) is 4.20. The van der Waals surface area contributed by atoms with E-state index in [-0.39, 0.29) is 24.7 Å². The van der Waals surface area contributed by atoms with Crippen molar-refractivity contribution in [3.05, 3.63) is 105 Å². The Morgan fingerprint density at radius 1 is 1.03 bits per heavy atom. The summed E-state index contributed by atoms with van der Waals surface area (Å²) in [6.45, 7) is 0.511. The lowest BCUT2D eigenvalue weighted by Gasteiger charge is -2.11. The van der Waals surface area contributed by atoms with E-state index in [1.807, 2.05) is 42.5 Å². The molecule has 6 nitrogen and oxygen atoms in total. The lowest BCUT2D eigenvalue weighted by Crippen LogP contribution is -2.28. The van der Waals surface area contributed by atoms with Crippen molar-refractivity contribution in [2.75, 3.05) is 13.2 Å². The predicted molar refractivity (Wildman–Crippen MR) is 117 cm³/mol. The van der Waals surface area contributed by atoms with Gasteiger partial charge in [-0.05, 0) is 29.3 Å². The first kappa shape index (κ1) is 21.1. The molecule has 1 amide bonds. The molecule has 3 rings (SSSR count). The highest BCUT2D eigenvalue weighted by molar-refractivity contribution is 6.32. The second-order valence-electron chi connectivity index (χ2n) is 6.31. The molecule has 0 saturated carbocycles. The lowest BCUT2D eigenvalue weighted by molar-refractivity contribution is -0.384. The number of nitrogens with zero attached hydrogens (tertiary/aromatic N) is 1. The van der Waals surface area contributed by atoms with Gasteiger partial charge in [0.2, 0.25) is 0 Å². The molecule has 152 valence electrons. The number of carbonyl (C=O) groups excluding carboxylic acids is 1. The van der Waals surface area contributed by atoms with Gasteiger partial charge in [-0.1, -0.05) is 66.2 Å². The molecule has 0 bridgehead atoms. The number of ether oxygens (including phenoxy) is 1. The molecular weight excluding hydrogens is 404 g/mol. The Kier molecular flexibility index (Phi) is 7.19. The number of carbonyl (C=O) groups is 1. The largest absolute Gasteiger partial charge is 0.490 e. The fourth-order valence-electron chi connectivity index (χ4n) is 2.78. The molecule has 0 saturated heterocycles. The summed E-state index contributed by atoms with van der Waals surface area (Å²) >= 11 is 6.05. The van der Waals surface area contributed by atoms with E-state index in [1.165, 1.54) is 12.1 Å². The monoisotopic (exact) mass is 422 g/mol. The molecule has 1 N–H and O–H groups in total. The van der Waals surface area contributed by atoms with Gasteiger partial charge in [0.15, 0.2) is 0 Å². The average Bonchev–Trinajstić information content (AvgIpc) is 2.77. The highest BCUT2D eigenvalue weighted by atomic mass is 35.5. The van der Waals surface area contributed by atoms with Crippen LogP contribution in [0.3, 0.4) is 0 Å². The van der Waals surface area contributed by atoms with Crippen molar-refractivity contribution in [2.24, 2.45) is 0 Å². The normalized spacial score (nSPS) is 11.0. The number of hydrogen-bond donors (Lipinski definition) is 1. The van der Waals surface area contributed by atoms with Gasteiger partial charge in [-0.3, -0.25) is 14.9 Å². The van der Waals surface area contributed by atoms with E-state index >= 15 is 0 Å². The summed E-state index contributed by atoms with van der Waals surface area (Å²) in [5, 5.41) is 14.4. The van der Waals surface area contributed by atoms with Gasteiger partial charge in [-0.2, -0.15) is 0 Å². The predicted octanol–water partition coefficient (Wildman–Crippen LogP) is 4.98. The number of amides is 1. The third-order valence-corrected chi connectivity index (χ3v) is 4.52. The smallest absolute Gasteiger partial charge is 0.270 e.